The number of oxazole rings is 1. The van der Waals surface area contributed by atoms with Crippen molar-refractivity contribution in [2.45, 2.75) is 57.9 Å². The van der Waals surface area contributed by atoms with Gasteiger partial charge in [0, 0.05) is 43.0 Å². The summed E-state index contributed by atoms with van der Waals surface area (Å²) in [5.41, 5.74) is 2.35. The van der Waals surface area contributed by atoms with E-state index >= 15 is 0 Å². The van der Waals surface area contributed by atoms with Crippen molar-refractivity contribution in [2.75, 3.05) is 7.11 Å². The molecule has 2 atom stereocenters. The summed E-state index contributed by atoms with van der Waals surface area (Å²) >= 11 is 0. The number of aromatic amines is 1. The van der Waals surface area contributed by atoms with Gasteiger partial charge in [-0.25, -0.2) is 15.0 Å². The summed E-state index contributed by atoms with van der Waals surface area (Å²) in [4.78, 5) is 40.4. The molecule has 0 saturated heterocycles. The van der Waals surface area contributed by atoms with Gasteiger partial charge in [-0.2, -0.15) is 0 Å². The van der Waals surface area contributed by atoms with Gasteiger partial charge in [0.25, 0.3) is 0 Å². The molecule has 0 fully saturated rings. The van der Waals surface area contributed by atoms with Gasteiger partial charge in [-0.1, -0.05) is 31.5 Å². The lowest BCUT2D eigenvalue weighted by Crippen LogP contribution is -2.31. The third-order valence-electron chi connectivity index (χ3n) is 6.23. The first kappa shape index (κ1) is 25.1. The van der Waals surface area contributed by atoms with Gasteiger partial charge in [-0.3, -0.25) is 9.59 Å². The number of methoxy groups -OCH3 is 1. The number of aromatic nitrogens is 4. The van der Waals surface area contributed by atoms with Crippen molar-refractivity contribution < 1.29 is 18.7 Å². The van der Waals surface area contributed by atoms with E-state index in [0.717, 1.165) is 29.4 Å². The van der Waals surface area contributed by atoms with E-state index < -0.39 is 6.04 Å². The summed E-state index contributed by atoms with van der Waals surface area (Å²) in [5.74, 6) is 1.18. The number of nitrogens with zero attached hydrogens (tertiary/aromatic N) is 3. The zero-order valence-electron chi connectivity index (χ0n) is 20.8. The maximum Gasteiger partial charge on any atom is 0.224 e. The van der Waals surface area contributed by atoms with Gasteiger partial charge >= 0.3 is 0 Å². The van der Waals surface area contributed by atoms with Crippen LogP contribution in [0.25, 0.3) is 22.2 Å². The van der Waals surface area contributed by atoms with E-state index in [2.05, 4.69) is 25.3 Å². The lowest BCUT2D eigenvalue weighted by molar-refractivity contribution is -0.120. The van der Waals surface area contributed by atoms with Crippen LogP contribution in [-0.4, -0.2) is 38.7 Å². The topological polar surface area (TPSA) is 123 Å². The number of para-hydroxylation sites is 1. The van der Waals surface area contributed by atoms with Crippen molar-refractivity contribution in [1.29, 1.82) is 0 Å². The maximum absolute atomic E-state index is 12.2. The monoisotopic (exact) mass is 489 g/mol. The minimum absolute atomic E-state index is 0.170. The van der Waals surface area contributed by atoms with Gasteiger partial charge in [0.15, 0.2) is 5.76 Å². The smallest absolute Gasteiger partial charge is 0.224 e. The number of hydrogen-bond acceptors (Lipinski definition) is 7. The van der Waals surface area contributed by atoms with Crippen LogP contribution in [-0.2, 0) is 9.59 Å². The number of imidazole rings is 1. The average Bonchev–Trinajstić information content (AvgIpc) is 3.59. The molecule has 0 aliphatic rings. The van der Waals surface area contributed by atoms with Crippen molar-refractivity contribution in [3.05, 3.63) is 60.6 Å². The first-order valence-electron chi connectivity index (χ1n) is 12.2. The Kier molecular flexibility index (Phi) is 8.10. The average molecular weight is 490 g/mol. The van der Waals surface area contributed by atoms with E-state index in [-0.39, 0.29) is 17.6 Å². The SMILES string of the molecule is CCC(=O)CCCC[C@H](c1cnc[nH]1)[C@H](NC(C)=O)c1ncc(-c2cc3ccccc3nc2OC)o1. The number of hydrogen-bond donors (Lipinski definition) is 2. The zero-order chi connectivity index (χ0) is 25.5. The Morgan fingerprint density at radius 3 is 2.75 bits per heavy atom. The van der Waals surface area contributed by atoms with E-state index in [9.17, 15) is 9.59 Å². The molecule has 0 aliphatic carbocycles. The van der Waals surface area contributed by atoms with Gasteiger partial charge in [0.2, 0.25) is 17.7 Å². The fourth-order valence-electron chi connectivity index (χ4n) is 4.37. The lowest BCUT2D eigenvalue weighted by atomic mass is 9.90. The Morgan fingerprint density at radius 2 is 2.03 bits per heavy atom. The molecule has 36 heavy (non-hydrogen) atoms. The quantitative estimate of drug-likeness (QED) is 0.265. The number of benzene rings is 1. The van der Waals surface area contributed by atoms with Crippen LogP contribution in [0, 0.1) is 0 Å². The summed E-state index contributed by atoms with van der Waals surface area (Å²) in [6.45, 7) is 3.35. The number of pyridine rings is 1. The Hall–Kier alpha value is -4.01. The van der Waals surface area contributed by atoms with Crippen LogP contribution in [0.1, 0.15) is 69.5 Å². The lowest BCUT2D eigenvalue weighted by Gasteiger charge is -2.24. The standard InChI is InChI=1S/C27H31N5O4/c1-4-19(34)10-6-7-11-20(23-14-28-16-30-23)25(31-17(2)33)27-29-15-24(36-27)21-13-18-9-5-8-12-22(18)32-26(21)35-3/h5,8-9,12-16,20,25H,4,6-7,10-11H2,1-3H3,(H,28,30)(H,31,33)/t20-,25+/m1/s1. The number of rotatable bonds is 12. The molecule has 188 valence electrons. The van der Waals surface area contributed by atoms with E-state index in [0.29, 0.717) is 42.4 Å². The van der Waals surface area contributed by atoms with Gasteiger partial charge < -0.3 is 19.5 Å². The Balaban J connectivity index is 1.66. The van der Waals surface area contributed by atoms with Crippen LogP contribution in [0.5, 0.6) is 5.88 Å². The maximum atomic E-state index is 12.2. The van der Waals surface area contributed by atoms with Crippen LogP contribution in [0.3, 0.4) is 0 Å². The fraction of sp³-hybridized carbons (Fsp3) is 0.370. The van der Waals surface area contributed by atoms with Crippen LogP contribution >= 0.6 is 0 Å². The number of ketones is 1. The molecule has 0 aliphatic heterocycles. The molecule has 9 nitrogen and oxygen atoms in total. The van der Waals surface area contributed by atoms with Crippen LogP contribution in [0.4, 0.5) is 0 Å². The highest BCUT2D eigenvalue weighted by molar-refractivity contribution is 5.85. The molecular formula is C27H31N5O4. The molecule has 2 N–H and O–H groups in total. The third kappa shape index (κ3) is 5.79. The second-order valence-electron chi connectivity index (χ2n) is 8.73. The Labute approximate surface area is 209 Å². The van der Waals surface area contributed by atoms with Gasteiger partial charge in [0.05, 0.1) is 30.7 Å². The van der Waals surface area contributed by atoms with Crippen LogP contribution in [0.15, 0.2) is 53.5 Å². The summed E-state index contributed by atoms with van der Waals surface area (Å²) in [6.07, 6.45) is 8.38. The minimum atomic E-state index is -0.530. The van der Waals surface area contributed by atoms with Crippen LogP contribution < -0.4 is 10.1 Å². The molecule has 0 bridgehead atoms. The second kappa shape index (κ2) is 11.6. The first-order valence-corrected chi connectivity index (χ1v) is 12.2. The van der Waals surface area contributed by atoms with E-state index in [1.807, 2.05) is 37.3 Å². The number of nitrogens with one attached hydrogen (secondary N) is 2. The third-order valence-corrected chi connectivity index (χ3v) is 6.23. The van der Waals surface area contributed by atoms with Crippen molar-refractivity contribution in [3.63, 3.8) is 0 Å². The molecule has 0 spiro atoms. The molecule has 9 heteroatoms. The Morgan fingerprint density at radius 1 is 1.19 bits per heavy atom. The van der Waals surface area contributed by atoms with E-state index in [4.69, 9.17) is 9.15 Å². The predicted octanol–water partition coefficient (Wildman–Crippen LogP) is 5.12. The Bertz CT molecular complexity index is 1310. The summed E-state index contributed by atoms with van der Waals surface area (Å²) < 4.78 is 11.8. The molecule has 1 aromatic carbocycles. The van der Waals surface area contributed by atoms with Crippen molar-refractivity contribution in [1.82, 2.24) is 25.3 Å². The molecule has 3 aromatic heterocycles. The molecular weight excluding hydrogens is 458 g/mol. The molecule has 1 amide bonds. The second-order valence-corrected chi connectivity index (χ2v) is 8.73. The highest BCUT2D eigenvalue weighted by Gasteiger charge is 2.31. The largest absolute Gasteiger partial charge is 0.480 e. The van der Waals surface area contributed by atoms with Gasteiger partial charge in [-0.15, -0.1) is 0 Å². The molecule has 0 saturated carbocycles. The number of H-pyrrole nitrogens is 1. The highest BCUT2D eigenvalue weighted by Crippen LogP contribution is 2.37. The zero-order valence-corrected chi connectivity index (χ0v) is 20.8. The molecule has 3 heterocycles. The van der Waals surface area contributed by atoms with Crippen molar-refractivity contribution in [2.24, 2.45) is 0 Å². The molecule has 0 radical (unpaired) electrons. The normalized spacial score (nSPS) is 12.9. The predicted molar refractivity (Wildman–Crippen MR) is 135 cm³/mol. The molecule has 4 aromatic rings. The number of fused-ring (bicyclic) bond motifs is 1. The van der Waals surface area contributed by atoms with Crippen molar-refractivity contribution >= 4 is 22.6 Å². The number of carbonyl (C=O) groups is 2. The summed E-state index contributed by atoms with van der Waals surface area (Å²) in [6, 6.07) is 9.19. The fourth-order valence-corrected chi connectivity index (χ4v) is 4.37. The number of unbranched alkanes of at least 4 members (excludes halogenated alkanes) is 1. The van der Waals surface area contributed by atoms with Gasteiger partial charge in [-0.05, 0) is 25.0 Å². The number of Topliss-reactive ketones (excluding diaryl/α,β-unsaturated/α-hetero) is 1. The minimum Gasteiger partial charge on any atom is -0.480 e. The van der Waals surface area contributed by atoms with Crippen molar-refractivity contribution in [3.8, 4) is 17.2 Å². The molecule has 0 unspecified atom stereocenters. The van der Waals surface area contributed by atoms with E-state index in [1.54, 1.807) is 25.8 Å². The number of ether oxygens (including phenoxy) is 1. The van der Waals surface area contributed by atoms with Crippen LogP contribution in [0.2, 0.25) is 0 Å². The summed E-state index contributed by atoms with van der Waals surface area (Å²) in [7, 11) is 1.57. The first-order chi connectivity index (χ1) is 17.5. The van der Waals surface area contributed by atoms with Gasteiger partial charge in [0.1, 0.15) is 11.8 Å². The number of carbonyl (C=O) groups excluding carboxylic acids is 2. The number of amides is 1. The summed E-state index contributed by atoms with van der Waals surface area (Å²) in [5, 5.41) is 3.96. The highest BCUT2D eigenvalue weighted by atomic mass is 16.5. The molecule has 4 rings (SSSR count). The van der Waals surface area contributed by atoms with E-state index in [1.165, 1.54) is 6.92 Å².